The lowest BCUT2D eigenvalue weighted by Crippen LogP contribution is -2.18. The van der Waals surface area contributed by atoms with E-state index in [1.165, 1.54) is 0 Å². The van der Waals surface area contributed by atoms with E-state index in [1.54, 1.807) is 0 Å². The number of hydrogen-bond donors (Lipinski definition) is 0. The van der Waals surface area contributed by atoms with Crippen molar-refractivity contribution in [2.75, 3.05) is 6.54 Å². The van der Waals surface area contributed by atoms with Gasteiger partial charge in [0.15, 0.2) is 11.5 Å². The number of halogens is 1. The molecule has 2 rings (SSSR count). The first-order valence-electron chi connectivity index (χ1n) is 6.03. The maximum Gasteiger partial charge on any atom is 0.331 e. The molecule has 0 amide bonds. The molecule has 0 saturated carbocycles. The van der Waals surface area contributed by atoms with Gasteiger partial charge >= 0.3 is 5.97 Å². The van der Waals surface area contributed by atoms with Crippen molar-refractivity contribution >= 4 is 23.3 Å². The Bertz CT molecular complexity index is 456. The van der Waals surface area contributed by atoms with E-state index in [9.17, 15) is 4.79 Å². The molecule has 0 radical (unpaired) electrons. The first-order valence-corrected chi connectivity index (χ1v) is 6.47. The zero-order chi connectivity index (χ0) is 13.1. The molecular formula is C14H16ClNO2. The smallest absolute Gasteiger partial charge is 0.331 e. The van der Waals surface area contributed by atoms with E-state index in [-0.39, 0.29) is 0 Å². The summed E-state index contributed by atoms with van der Waals surface area (Å²) in [6.07, 6.45) is -0.431. The van der Waals surface area contributed by atoms with Crippen LogP contribution in [0.4, 0.5) is 0 Å². The van der Waals surface area contributed by atoms with Crippen LogP contribution in [-0.4, -0.2) is 23.6 Å². The number of carbonyl (C=O) groups excluding carboxylic acids is 1. The van der Waals surface area contributed by atoms with Gasteiger partial charge in [-0.15, -0.1) is 11.6 Å². The van der Waals surface area contributed by atoms with E-state index in [4.69, 9.17) is 16.3 Å². The Hall–Kier alpha value is -1.35. The van der Waals surface area contributed by atoms with Gasteiger partial charge in [0.1, 0.15) is 0 Å². The SMILES string of the molecule is CC(C)CN=C1C(Cl)C(=O)OC1c1ccccc1. The minimum Gasteiger partial charge on any atom is -0.450 e. The van der Waals surface area contributed by atoms with Gasteiger partial charge in [0.25, 0.3) is 0 Å². The maximum atomic E-state index is 11.6. The Morgan fingerprint density at radius 3 is 2.61 bits per heavy atom. The molecule has 3 nitrogen and oxygen atoms in total. The Kier molecular flexibility index (Phi) is 4.02. The monoisotopic (exact) mass is 265 g/mol. The number of benzene rings is 1. The molecule has 0 aliphatic carbocycles. The summed E-state index contributed by atoms with van der Waals surface area (Å²) in [6, 6.07) is 9.56. The quantitative estimate of drug-likeness (QED) is 0.622. The lowest BCUT2D eigenvalue weighted by molar-refractivity contribution is -0.141. The molecule has 1 aromatic carbocycles. The highest BCUT2D eigenvalue weighted by atomic mass is 35.5. The number of ether oxygens (including phenoxy) is 1. The molecule has 1 aliphatic heterocycles. The first kappa shape index (κ1) is 13.1. The van der Waals surface area contributed by atoms with Crippen LogP contribution in [0.25, 0.3) is 0 Å². The Balaban J connectivity index is 2.28. The number of nitrogens with zero attached hydrogens (tertiary/aromatic N) is 1. The molecule has 1 saturated heterocycles. The van der Waals surface area contributed by atoms with Crippen molar-refractivity contribution in [3.05, 3.63) is 35.9 Å². The molecule has 4 heteroatoms. The number of carbonyl (C=O) groups is 1. The van der Waals surface area contributed by atoms with Crippen LogP contribution in [0, 0.1) is 5.92 Å². The minimum atomic E-state index is -0.756. The van der Waals surface area contributed by atoms with Gasteiger partial charge in [0.05, 0.1) is 5.71 Å². The summed E-state index contributed by atoms with van der Waals surface area (Å²) >= 11 is 6.05. The van der Waals surface area contributed by atoms with Crippen molar-refractivity contribution in [1.29, 1.82) is 0 Å². The zero-order valence-electron chi connectivity index (χ0n) is 10.5. The topological polar surface area (TPSA) is 38.7 Å². The van der Waals surface area contributed by atoms with Crippen molar-refractivity contribution in [2.24, 2.45) is 10.9 Å². The number of aliphatic imine (C=N–C) groups is 1. The average Bonchev–Trinajstić information content (AvgIpc) is 2.64. The van der Waals surface area contributed by atoms with Gasteiger partial charge < -0.3 is 4.74 Å². The van der Waals surface area contributed by atoms with Gasteiger partial charge in [-0.1, -0.05) is 44.2 Å². The van der Waals surface area contributed by atoms with E-state index in [0.29, 0.717) is 18.2 Å². The van der Waals surface area contributed by atoms with Crippen molar-refractivity contribution in [3.8, 4) is 0 Å². The van der Waals surface area contributed by atoms with Crippen LogP contribution in [-0.2, 0) is 9.53 Å². The molecule has 0 bridgehead atoms. The largest absolute Gasteiger partial charge is 0.450 e. The summed E-state index contributed by atoms with van der Waals surface area (Å²) in [4.78, 5) is 16.0. The van der Waals surface area contributed by atoms with Gasteiger partial charge in [0.2, 0.25) is 0 Å². The van der Waals surface area contributed by atoms with Crippen molar-refractivity contribution in [3.63, 3.8) is 0 Å². The average molecular weight is 266 g/mol. The fraction of sp³-hybridized carbons (Fsp3) is 0.429. The molecule has 1 fully saturated rings. The normalized spacial score (nSPS) is 25.8. The number of cyclic esters (lactones) is 1. The van der Waals surface area contributed by atoms with Crippen LogP contribution in [0.15, 0.2) is 35.3 Å². The van der Waals surface area contributed by atoms with E-state index in [1.807, 2.05) is 30.3 Å². The summed E-state index contributed by atoms with van der Waals surface area (Å²) < 4.78 is 5.30. The molecule has 18 heavy (non-hydrogen) atoms. The molecule has 1 aliphatic rings. The van der Waals surface area contributed by atoms with Crippen LogP contribution < -0.4 is 0 Å². The summed E-state index contributed by atoms with van der Waals surface area (Å²) in [7, 11) is 0. The third-order valence-electron chi connectivity index (χ3n) is 2.71. The predicted octanol–water partition coefficient (Wildman–Crippen LogP) is 2.99. The number of rotatable bonds is 3. The zero-order valence-corrected chi connectivity index (χ0v) is 11.2. The lowest BCUT2D eigenvalue weighted by Gasteiger charge is -2.11. The maximum absolute atomic E-state index is 11.6. The Morgan fingerprint density at radius 1 is 1.33 bits per heavy atom. The number of hydrogen-bond acceptors (Lipinski definition) is 3. The van der Waals surface area contributed by atoms with Crippen LogP contribution in [0.1, 0.15) is 25.5 Å². The second kappa shape index (κ2) is 5.53. The highest BCUT2D eigenvalue weighted by molar-refractivity contribution is 6.44. The summed E-state index contributed by atoms with van der Waals surface area (Å²) in [5.74, 6) is 0.0153. The fourth-order valence-corrected chi connectivity index (χ4v) is 2.04. The molecular weight excluding hydrogens is 250 g/mol. The molecule has 2 unspecified atom stereocenters. The fourth-order valence-electron chi connectivity index (χ4n) is 1.81. The molecule has 1 heterocycles. The molecule has 2 atom stereocenters. The predicted molar refractivity (Wildman–Crippen MR) is 72.1 cm³/mol. The standard InChI is InChI=1S/C14H16ClNO2/c1-9(2)8-16-12-11(15)14(17)18-13(12)10-6-4-3-5-7-10/h3-7,9,11,13H,8H2,1-2H3. The number of esters is 1. The molecule has 0 spiro atoms. The first-order chi connectivity index (χ1) is 8.59. The van der Waals surface area contributed by atoms with Crippen LogP contribution in [0.2, 0.25) is 0 Å². The molecule has 1 aromatic rings. The summed E-state index contributed by atoms with van der Waals surface area (Å²) in [5, 5.41) is -0.756. The second-order valence-corrected chi connectivity index (χ2v) is 5.19. The Labute approximate surface area is 112 Å². The molecule has 0 N–H and O–H groups in total. The van der Waals surface area contributed by atoms with Gasteiger partial charge in [-0.3, -0.25) is 4.99 Å². The van der Waals surface area contributed by atoms with Crippen molar-refractivity contribution in [2.45, 2.75) is 25.3 Å². The van der Waals surface area contributed by atoms with E-state index >= 15 is 0 Å². The van der Waals surface area contributed by atoms with Crippen LogP contribution in [0.3, 0.4) is 0 Å². The lowest BCUT2D eigenvalue weighted by atomic mass is 10.0. The Morgan fingerprint density at radius 2 is 2.00 bits per heavy atom. The molecule has 0 aromatic heterocycles. The van der Waals surface area contributed by atoms with Gasteiger partial charge in [-0.2, -0.15) is 0 Å². The van der Waals surface area contributed by atoms with E-state index in [2.05, 4.69) is 18.8 Å². The van der Waals surface area contributed by atoms with Crippen molar-refractivity contribution < 1.29 is 9.53 Å². The van der Waals surface area contributed by atoms with Gasteiger partial charge in [-0.05, 0) is 11.5 Å². The minimum absolute atomic E-state index is 0.409. The van der Waals surface area contributed by atoms with E-state index in [0.717, 1.165) is 5.56 Å². The van der Waals surface area contributed by atoms with Gasteiger partial charge in [0, 0.05) is 6.54 Å². The third-order valence-corrected chi connectivity index (χ3v) is 3.11. The van der Waals surface area contributed by atoms with Crippen LogP contribution >= 0.6 is 11.6 Å². The highest BCUT2D eigenvalue weighted by Crippen LogP contribution is 2.30. The number of alkyl halides is 1. The van der Waals surface area contributed by atoms with E-state index < -0.39 is 17.5 Å². The summed E-state index contributed by atoms with van der Waals surface area (Å²) in [6.45, 7) is 4.80. The highest BCUT2D eigenvalue weighted by Gasteiger charge is 2.40. The third kappa shape index (κ3) is 2.72. The molecule has 96 valence electrons. The van der Waals surface area contributed by atoms with Crippen molar-refractivity contribution in [1.82, 2.24) is 0 Å². The van der Waals surface area contributed by atoms with Crippen LogP contribution in [0.5, 0.6) is 0 Å². The summed E-state index contributed by atoms with van der Waals surface area (Å²) in [5.41, 5.74) is 1.54. The van der Waals surface area contributed by atoms with Gasteiger partial charge in [-0.25, -0.2) is 4.79 Å². The second-order valence-electron chi connectivity index (χ2n) is 4.75.